The first kappa shape index (κ1) is 17.5. The summed E-state index contributed by atoms with van der Waals surface area (Å²) in [5, 5.41) is 9.22. The van der Waals surface area contributed by atoms with Crippen LogP contribution in [-0.2, 0) is 16.0 Å². The van der Waals surface area contributed by atoms with Crippen LogP contribution in [0.5, 0.6) is 0 Å². The van der Waals surface area contributed by atoms with Crippen molar-refractivity contribution < 1.29 is 14.7 Å². The highest BCUT2D eigenvalue weighted by Gasteiger charge is 2.35. The number of carboxylic acid groups (broad SMARTS) is 1. The van der Waals surface area contributed by atoms with Crippen LogP contribution >= 0.6 is 0 Å². The van der Waals surface area contributed by atoms with E-state index < -0.39 is 5.97 Å². The van der Waals surface area contributed by atoms with Crippen LogP contribution in [0.2, 0.25) is 0 Å². The van der Waals surface area contributed by atoms with Gasteiger partial charge in [0.15, 0.2) is 0 Å². The van der Waals surface area contributed by atoms with Gasteiger partial charge in [0.2, 0.25) is 5.91 Å². The molecule has 1 aliphatic rings. The molecule has 1 aromatic rings. The van der Waals surface area contributed by atoms with Gasteiger partial charge in [0.25, 0.3) is 0 Å². The smallest absolute Gasteiger partial charge is 0.306 e. The van der Waals surface area contributed by atoms with E-state index in [2.05, 4.69) is 26.0 Å². The highest BCUT2D eigenvalue weighted by Crippen LogP contribution is 2.27. The number of carboxylic acids is 1. The van der Waals surface area contributed by atoms with Crippen LogP contribution in [0.15, 0.2) is 30.3 Å². The standard InChI is InChI=1S/C19H27NO3/c1-13(2)17(11-15-7-5-4-6-8-15)18(21)20-10-9-16(19(22)23)14(3)12-20/h4-8,13-14,16-17H,9-12H2,1-3H3,(H,22,23). The number of nitrogens with zero attached hydrogens (tertiary/aromatic N) is 1. The van der Waals surface area contributed by atoms with Crippen molar-refractivity contribution in [2.24, 2.45) is 23.7 Å². The van der Waals surface area contributed by atoms with Crippen molar-refractivity contribution in [3.05, 3.63) is 35.9 Å². The Labute approximate surface area is 138 Å². The van der Waals surface area contributed by atoms with E-state index in [1.54, 1.807) is 0 Å². The van der Waals surface area contributed by atoms with Crippen LogP contribution in [0.4, 0.5) is 0 Å². The topological polar surface area (TPSA) is 57.6 Å². The molecule has 23 heavy (non-hydrogen) atoms. The lowest BCUT2D eigenvalue weighted by molar-refractivity contribution is -0.150. The van der Waals surface area contributed by atoms with E-state index in [9.17, 15) is 14.7 Å². The van der Waals surface area contributed by atoms with Crippen molar-refractivity contribution >= 4 is 11.9 Å². The van der Waals surface area contributed by atoms with Crippen LogP contribution < -0.4 is 0 Å². The van der Waals surface area contributed by atoms with E-state index in [0.29, 0.717) is 19.5 Å². The maximum absolute atomic E-state index is 12.9. The summed E-state index contributed by atoms with van der Waals surface area (Å²) in [7, 11) is 0. The average molecular weight is 317 g/mol. The lowest BCUT2D eigenvalue weighted by Gasteiger charge is -2.37. The average Bonchev–Trinajstić information content (AvgIpc) is 2.52. The number of piperidine rings is 1. The number of likely N-dealkylation sites (tertiary alicyclic amines) is 1. The number of aliphatic carboxylic acids is 1. The summed E-state index contributed by atoms with van der Waals surface area (Å²) in [6.07, 6.45) is 1.29. The monoisotopic (exact) mass is 317 g/mol. The normalized spacial score (nSPS) is 22.9. The van der Waals surface area contributed by atoms with E-state index in [1.807, 2.05) is 30.0 Å². The van der Waals surface area contributed by atoms with Crippen molar-refractivity contribution in [1.82, 2.24) is 4.90 Å². The molecule has 1 aliphatic heterocycles. The summed E-state index contributed by atoms with van der Waals surface area (Å²) in [6, 6.07) is 10.1. The fraction of sp³-hybridized carbons (Fsp3) is 0.579. The Bertz CT molecular complexity index is 541. The molecule has 0 bridgehead atoms. The second-order valence-electron chi connectivity index (χ2n) is 7.04. The number of benzene rings is 1. The van der Waals surface area contributed by atoms with Gasteiger partial charge in [-0.05, 0) is 30.2 Å². The lowest BCUT2D eigenvalue weighted by Crippen LogP contribution is -2.48. The van der Waals surface area contributed by atoms with Gasteiger partial charge in [0.1, 0.15) is 0 Å². The van der Waals surface area contributed by atoms with Crippen LogP contribution in [0.1, 0.15) is 32.8 Å². The maximum atomic E-state index is 12.9. The summed E-state index contributed by atoms with van der Waals surface area (Å²) in [5.74, 6) is -0.685. The van der Waals surface area contributed by atoms with E-state index in [1.165, 1.54) is 5.56 Å². The van der Waals surface area contributed by atoms with Crippen LogP contribution in [-0.4, -0.2) is 35.0 Å². The molecule has 1 aromatic carbocycles. The molecule has 3 unspecified atom stereocenters. The Kier molecular flexibility index (Phi) is 5.80. The number of carbonyl (C=O) groups excluding carboxylic acids is 1. The highest BCUT2D eigenvalue weighted by atomic mass is 16.4. The number of hydrogen-bond acceptors (Lipinski definition) is 2. The second kappa shape index (κ2) is 7.62. The lowest BCUT2D eigenvalue weighted by atomic mass is 9.84. The fourth-order valence-corrected chi connectivity index (χ4v) is 3.42. The zero-order valence-corrected chi connectivity index (χ0v) is 14.2. The first-order valence-corrected chi connectivity index (χ1v) is 8.45. The van der Waals surface area contributed by atoms with E-state index in [4.69, 9.17) is 0 Å². The third kappa shape index (κ3) is 4.34. The molecule has 1 N–H and O–H groups in total. The Morgan fingerprint density at radius 1 is 1.26 bits per heavy atom. The van der Waals surface area contributed by atoms with Gasteiger partial charge in [-0.1, -0.05) is 51.1 Å². The molecule has 1 saturated heterocycles. The van der Waals surface area contributed by atoms with Crippen LogP contribution in [0.25, 0.3) is 0 Å². The molecule has 126 valence electrons. The van der Waals surface area contributed by atoms with Crippen LogP contribution in [0.3, 0.4) is 0 Å². The van der Waals surface area contributed by atoms with Crippen molar-refractivity contribution in [3.8, 4) is 0 Å². The van der Waals surface area contributed by atoms with E-state index in [0.717, 1.165) is 6.42 Å². The predicted octanol–water partition coefficient (Wildman–Crippen LogP) is 3.07. The molecular formula is C19H27NO3. The first-order chi connectivity index (χ1) is 10.9. The summed E-state index contributed by atoms with van der Waals surface area (Å²) in [5.41, 5.74) is 1.17. The van der Waals surface area contributed by atoms with Gasteiger partial charge >= 0.3 is 5.97 Å². The number of amides is 1. The van der Waals surface area contributed by atoms with Gasteiger partial charge < -0.3 is 10.0 Å². The van der Waals surface area contributed by atoms with E-state index in [-0.39, 0.29) is 29.6 Å². The number of carbonyl (C=O) groups is 2. The zero-order chi connectivity index (χ0) is 17.0. The Hall–Kier alpha value is -1.84. The number of hydrogen-bond donors (Lipinski definition) is 1. The van der Waals surface area contributed by atoms with Gasteiger partial charge in [-0.3, -0.25) is 9.59 Å². The molecule has 0 spiro atoms. The van der Waals surface area contributed by atoms with Gasteiger partial charge in [0, 0.05) is 19.0 Å². The van der Waals surface area contributed by atoms with Gasteiger partial charge in [-0.2, -0.15) is 0 Å². The molecule has 0 aromatic heterocycles. The van der Waals surface area contributed by atoms with Crippen molar-refractivity contribution in [2.45, 2.75) is 33.6 Å². The molecule has 2 rings (SSSR count). The maximum Gasteiger partial charge on any atom is 0.306 e. The SMILES string of the molecule is CC(C)C(Cc1ccccc1)C(=O)N1CCC(C(=O)O)C(C)C1. The summed E-state index contributed by atoms with van der Waals surface area (Å²) < 4.78 is 0. The molecule has 0 radical (unpaired) electrons. The number of rotatable bonds is 5. The van der Waals surface area contributed by atoms with Gasteiger partial charge in [0.05, 0.1) is 5.92 Å². The first-order valence-electron chi connectivity index (χ1n) is 8.45. The zero-order valence-electron chi connectivity index (χ0n) is 14.2. The molecule has 4 nitrogen and oxygen atoms in total. The molecule has 0 saturated carbocycles. The Morgan fingerprint density at radius 3 is 2.43 bits per heavy atom. The largest absolute Gasteiger partial charge is 0.481 e. The molecule has 3 atom stereocenters. The van der Waals surface area contributed by atoms with Gasteiger partial charge in [-0.25, -0.2) is 0 Å². The Balaban J connectivity index is 2.05. The molecule has 4 heteroatoms. The van der Waals surface area contributed by atoms with Crippen molar-refractivity contribution in [2.75, 3.05) is 13.1 Å². The molecule has 0 aliphatic carbocycles. The molecular weight excluding hydrogens is 290 g/mol. The summed E-state index contributed by atoms with van der Waals surface area (Å²) in [6.45, 7) is 7.20. The predicted molar refractivity (Wildman–Crippen MR) is 90.0 cm³/mol. The molecule has 1 amide bonds. The quantitative estimate of drug-likeness (QED) is 0.908. The van der Waals surface area contributed by atoms with E-state index >= 15 is 0 Å². The Morgan fingerprint density at radius 2 is 1.91 bits per heavy atom. The van der Waals surface area contributed by atoms with Crippen LogP contribution in [0, 0.1) is 23.7 Å². The third-order valence-corrected chi connectivity index (χ3v) is 4.95. The summed E-state index contributed by atoms with van der Waals surface area (Å²) >= 11 is 0. The van der Waals surface area contributed by atoms with Crippen molar-refractivity contribution in [1.29, 1.82) is 0 Å². The van der Waals surface area contributed by atoms with Gasteiger partial charge in [-0.15, -0.1) is 0 Å². The molecule has 1 fully saturated rings. The third-order valence-electron chi connectivity index (χ3n) is 4.95. The molecule has 1 heterocycles. The fourth-order valence-electron chi connectivity index (χ4n) is 3.42. The second-order valence-corrected chi connectivity index (χ2v) is 7.04. The minimum atomic E-state index is -0.741. The summed E-state index contributed by atoms with van der Waals surface area (Å²) in [4.78, 5) is 26.0. The van der Waals surface area contributed by atoms with Crippen molar-refractivity contribution in [3.63, 3.8) is 0 Å². The minimum Gasteiger partial charge on any atom is -0.481 e. The minimum absolute atomic E-state index is 0.00902. The highest BCUT2D eigenvalue weighted by molar-refractivity contribution is 5.80.